The fraction of sp³-hybridized carbons (Fsp3) is 0.214. The SMILES string of the molecule is Cc1cc(Oc2ccccc2C)c(CCl)cn1. The van der Waals surface area contributed by atoms with Crippen molar-refractivity contribution in [3.05, 3.63) is 53.3 Å². The van der Waals surface area contributed by atoms with Crippen LogP contribution in [-0.2, 0) is 5.88 Å². The maximum Gasteiger partial charge on any atom is 0.135 e. The third-order valence-electron chi connectivity index (χ3n) is 2.54. The van der Waals surface area contributed by atoms with E-state index in [-0.39, 0.29) is 0 Å². The summed E-state index contributed by atoms with van der Waals surface area (Å²) in [5, 5.41) is 0. The second kappa shape index (κ2) is 5.19. The van der Waals surface area contributed by atoms with E-state index >= 15 is 0 Å². The lowest BCUT2D eigenvalue weighted by Crippen LogP contribution is -1.94. The number of nitrogens with zero attached hydrogens (tertiary/aromatic N) is 1. The molecule has 17 heavy (non-hydrogen) atoms. The molecule has 0 fully saturated rings. The van der Waals surface area contributed by atoms with Crippen LogP contribution in [0.15, 0.2) is 36.5 Å². The summed E-state index contributed by atoms with van der Waals surface area (Å²) in [6, 6.07) is 9.82. The predicted octanol–water partition coefficient (Wildman–Crippen LogP) is 4.23. The van der Waals surface area contributed by atoms with Crippen molar-refractivity contribution < 1.29 is 4.74 Å². The minimum Gasteiger partial charge on any atom is -0.457 e. The Morgan fingerprint density at radius 1 is 1.18 bits per heavy atom. The van der Waals surface area contributed by atoms with Gasteiger partial charge < -0.3 is 4.74 Å². The summed E-state index contributed by atoms with van der Waals surface area (Å²) < 4.78 is 5.89. The lowest BCUT2D eigenvalue weighted by Gasteiger charge is -2.11. The number of para-hydroxylation sites is 1. The van der Waals surface area contributed by atoms with Gasteiger partial charge in [-0.2, -0.15) is 0 Å². The molecule has 2 aromatic rings. The van der Waals surface area contributed by atoms with Gasteiger partial charge in [0.1, 0.15) is 11.5 Å². The highest BCUT2D eigenvalue weighted by molar-refractivity contribution is 6.17. The van der Waals surface area contributed by atoms with Gasteiger partial charge in [0.05, 0.1) is 5.88 Å². The van der Waals surface area contributed by atoms with Crippen molar-refractivity contribution in [1.82, 2.24) is 4.98 Å². The van der Waals surface area contributed by atoms with Crippen LogP contribution in [0.25, 0.3) is 0 Å². The first-order chi connectivity index (χ1) is 8.20. The van der Waals surface area contributed by atoms with Gasteiger partial charge in [-0.1, -0.05) is 18.2 Å². The lowest BCUT2D eigenvalue weighted by molar-refractivity contribution is 0.473. The summed E-state index contributed by atoms with van der Waals surface area (Å²) in [4.78, 5) is 4.21. The maximum atomic E-state index is 5.89. The Morgan fingerprint density at radius 3 is 2.65 bits per heavy atom. The Kier molecular flexibility index (Phi) is 3.64. The van der Waals surface area contributed by atoms with E-state index in [1.165, 1.54) is 0 Å². The number of pyridine rings is 1. The molecule has 0 N–H and O–H groups in total. The van der Waals surface area contributed by atoms with Crippen LogP contribution in [0.2, 0.25) is 0 Å². The molecule has 1 heterocycles. The molecule has 0 bridgehead atoms. The van der Waals surface area contributed by atoms with Gasteiger partial charge in [0.2, 0.25) is 0 Å². The van der Waals surface area contributed by atoms with Crippen LogP contribution in [0, 0.1) is 13.8 Å². The number of rotatable bonds is 3. The average molecular weight is 248 g/mol. The van der Waals surface area contributed by atoms with Crippen LogP contribution in [0.3, 0.4) is 0 Å². The number of hydrogen-bond donors (Lipinski definition) is 0. The molecular weight excluding hydrogens is 234 g/mol. The number of aromatic nitrogens is 1. The molecule has 2 nitrogen and oxygen atoms in total. The summed E-state index contributed by atoms with van der Waals surface area (Å²) in [7, 11) is 0. The molecule has 1 aromatic carbocycles. The van der Waals surface area contributed by atoms with E-state index in [0.717, 1.165) is 28.3 Å². The summed E-state index contributed by atoms with van der Waals surface area (Å²) >= 11 is 5.87. The molecule has 0 amide bonds. The Bertz CT molecular complexity index is 525. The Labute approximate surface area is 106 Å². The highest BCUT2D eigenvalue weighted by atomic mass is 35.5. The van der Waals surface area contributed by atoms with E-state index < -0.39 is 0 Å². The summed E-state index contributed by atoms with van der Waals surface area (Å²) in [5.41, 5.74) is 2.92. The molecule has 0 atom stereocenters. The zero-order valence-electron chi connectivity index (χ0n) is 9.90. The van der Waals surface area contributed by atoms with Gasteiger partial charge in [0.25, 0.3) is 0 Å². The highest BCUT2D eigenvalue weighted by Crippen LogP contribution is 2.28. The topological polar surface area (TPSA) is 22.1 Å². The summed E-state index contributed by atoms with van der Waals surface area (Å²) in [6.45, 7) is 3.95. The average Bonchev–Trinajstić information content (AvgIpc) is 2.32. The van der Waals surface area contributed by atoms with Crippen LogP contribution < -0.4 is 4.74 Å². The second-order valence-electron chi connectivity index (χ2n) is 3.93. The number of aryl methyl sites for hydroxylation is 2. The van der Waals surface area contributed by atoms with Gasteiger partial charge in [0, 0.05) is 23.5 Å². The van der Waals surface area contributed by atoms with E-state index in [1.807, 2.05) is 44.2 Å². The molecule has 0 radical (unpaired) electrons. The molecule has 1 aromatic heterocycles. The molecule has 0 aliphatic heterocycles. The monoisotopic (exact) mass is 247 g/mol. The van der Waals surface area contributed by atoms with Crippen molar-refractivity contribution >= 4 is 11.6 Å². The first-order valence-electron chi connectivity index (χ1n) is 5.45. The van der Waals surface area contributed by atoms with Gasteiger partial charge >= 0.3 is 0 Å². The minimum absolute atomic E-state index is 0.397. The van der Waals surface area contributed by atoms with E-state index in [2.05, 4.69) is 4.98 Å². The molecule has 0 unspecified atom stereocenters. The Hall–Kier alpha value is -1.54. The number of ether oxygens (including phenoxy) is 1. The number of hydrogen-bond acceptors (Lipinski definition) is 2. The quantitative estimate of drug-likeness (QED) is 0.758. The molecule has 3 heteroatoms. The maximum absolute atomic E-state index is 5.89. The van der Waals surface area contributed by atoms with Crippen molar-refractivity contribution in [2.75, 3.05) is 0 Å². The molecule has 88 valence electrons. The van der Waals surface area contributed by atoms with Gasteiger partial charge in [-0.3, -0.25) is 4.98 Å². The number of halogens is 1. The standard InChI is InChI=1S/C14H14ClNO/c1-10-5-3-4-6-13(10)17-14-7-11(2)16-9-12(14)8-15/h3-7,9H,8H2,1-2H3. The zero-order chi connectivity index (χ0) is 12.3. The molecule has 2 rings (SSSR count). The molecule has 0 aliphatic rings. The smallest absolute Gasteiger partial charge is 0.135 e. The molecule has 0 spiro atoms. The fourth-order valence-electron chi connectivity index (χ4n) is 1.55. The van der Waals surface area contributed by atoms with E-state index in [1.54, 1.807) is 6.20 Å². The fourth-order valence-corrected chi connectivity index (χ4v) is 1.75. The van der Waals surface area contributed by atoms with Gasteiger partial charge in [0.15, 0.2) is 0 Å². The molecule has 0 saturated heterocycles. The number of alkyl halides is 1. The predicted molar refractivity (Wildman–Crippen MR) is 69.8 cm³/mol. The van der Waals surface area contributed by atoms with Crippen LogP contribution in [0.5, 0.6) is 11.5 Å². The van der Waals surface area contributed by atoms with Crippen molar-refractivity contribution in [3.8, 4) is 11.5 Å². The van der Waals surface area contributed by atoms with Crippen LogP contribution in [0.1, 0.15) is 16.8 Å². The van der Waals surface area contributed by atoms with Crippen molar-refractivity contribution in [3.63, 3.8) is 0 Å². The molecular formula is C14H14ClNO. The Morgan fingerprint density at radius 2 is 1.94 bits per heavy atom. The highest BCUT2D eigenvalue weighted by Gasteiger charge is 2.06. The van der Waals surface area contributed by atoms with E-state index in [9.17, 15) is 0 Å². The number of benzene rings is 1. The first kappa shape index (κ1) is 11.9. The first-order valence-corrected chi connectivity index (χ1v) is 5.99. The van der Waals surface area contributed by atoms with Gasteiger partial charge in [-0.05, 0) is 25.5 Å². The van der Waals surface area contributed by atoms with Crippen LogP contribution in [0.4, 0.5) is 0 Å². The third-order valence-corrected chi connectivity index (χ3v) is 2.83. The lowest BCUT2D eigenvalue weighted by atomic mass is 10.2. The largest absolute Gasteiger partial charge is 0.457 e. The van der Waals surface area contributed by atoms with E-state index in [0.29, 0.717) is 5.88 Å². The van der Waals surface area contributed by atoms with Crippen molar-refractivity contribution in [2.24, 2.45) is 0 Å². The minimum atomic E-state index is 0.397. The van der Waals surface area contributed by atoms with Crippen molar-refractivity contribution in [1.29, 1.82) is 0 Å². The Balaban J connectivity index is 2.35. The third kappa shape index (κ3) is 2.77. The van der Waals surface area contributed by atoms with Gasteiger partial charge in [-0.15, -0.1) is 11.6 Å². The molecule has 0 aliphatic carbocycles. The van der Waals surface area contributed by atoms with Gasteiger partial charge in [-0.25, -0.2) is 0 Å². The summed E-state index contributed by atoms with van der Waals surface area (Å²) in [6.07, 6.45) is 1.76. The normalized spacial score (nSPS) is 10.3. The second-order valence-corrected chi connectivity index (χ2v) is 4.20. The van der Waals surface area contributed by atoms with Crippen molar-refractivity contribution in [2.45, 2.75) is 19.7 Å². The van der Waals surface area contributed by atoms with Crippen LogP contribution in [-0.4, -0.2) is 4.98 Å². The van der Waals surface area contributed by atoms with E-state index in [4.69, 9.17) is 16.3 Å². The summed E-state index contributed by atoms with van der Waals surface area (Å²) in [5.74, 6) is 2.03. The zero-order valence-corrected chi connectivity index (χ0v) is 10.7. The molecule has 0 saturated carbocycles. The van der Waals surface area contributed by atoms with Crippen LogP contribution >= 0.6 is 11.6 Å².